The molecule has 2 aliphatic rings. The van der Waals surface area contributed by atoms with Gasteiger partial charge in [0.1, 0.15) is 0 Å². The van der Waals surface area contributed by atoms with E-state index in [0.717, 1.165) is 31.5 Å². The van der Waals surface area contributed by atoms with Gasteiger partial charge in [0.2, 0.25) is 10.0 Å². The summed E-state index contributed by atoms with van der Waals surface area (Å²) in [5, 5.41) is 3.35. The van der Waals surface area contributed by atoms with E-state index < -0.39 is 10.0 Å². The molecule has 1 fully saturated rings. The molecule has 110 valence electrons. The Morgan fingerprint density at radius 2 is 2.10 bits per heavy atom. The summed E-state index contributed by atoms with van der Waals surface area (Å²) < 4.78 is 27.5. The number of hydrogen-bond donors (Lipinski definition) is 1. The normalized spacial score (nSPS) is 28.4. The van der Waals surface area contributed by atoms with Crippen molar-refractivity contribution in [1.82, 2.24) is 9.62 Å². The van der Waals surface area contributed by atoms with E-state index in [1.54, 1.807) is 10.4 Å². The highest BCUT2D eigenvalue weighted by atomic mass is 32.2. The summed E-state index contributed by atoms with van der Waals surface area (Å²) in [6, 6.07) is 7.49. The zero-order valence-corrected chi connectivity index (χ0v) is 12.9. The highest BCUT2D eigenvalue weighted by molar-refractivity contribution is 7.89. The molecule has 0 radical (unpaired) electrons. The number of nitrogens with one attached hydrogen (secondary N) is 1. The Balaban J connectivity index is 2.09. The number of rotatable bonds is 3. The van der Waals surface area contributed by atoms with Crippen LogP contribution in [-0.4, -0.2) is 32.4 Å². The molecule has 0 amide bonds. The Labute approximate surface area is 121 Å². The van der Waals surface area contributed by atoms with Gasteiger partial charge in [0.05, 0.1) is 10.4 Å². The van der Waals surface area contributed by atoms with Crippen LogP contribution in [0.1, 0.15) is 32.3 Å². The molecule has 1 aromatic carbocycles. The van der Waals surface area contributed by atoms with Crippen molar-refractivity contribution in [3.05, 3.63) is 29.8 Å². The molecule has 1 saturated heterocycles. The van der Waals surface area contributed by atoms with Crippen molar-refractivity contribution in [3.8, 4) is 0 Å². The van der Waals surface area contributed by atoms with Crippen LogP contribution in [0.2, 0.25) is 0 Å². The molecule has 0 aliphatic carbocycles. The monoisotopic (exact) mass is 294 g/mol. The van der Waals surface area contributed by atoms with E-state index in [1.165, 1.54) is 0 Å². The Morgan fingerprint density at radius 1 is 1.35 bits per heavy atom. The molecule has 5 heteroatoms. The minimum atomic E-state index is -3.34. The molecule has 20 heavy (non-hydrogen) atoms. The van der Waals surface area contributed by atoms with Gasteiger partial charge in [-0.05, 0) is 36.9 Å². The summed E-state index contributed by atoms with van der Waals surface area (Å²) in [5.74, 6) is 0.500. The SMILES string of the molecule is CC(C)CCN1[C@]2(CCNC2)c2ccccc2S1(=O)=O. The van der Waals surface area contributed by atoms with Gasteiger partial charge in [0.15, 0.2) is 0 Å². The molecule has 1 N–H and O–H groups in total. The zero-order valence-electron chi connectivity index (χ0n) is 12.1. The first-order chi connectivity index (χ1) is 9.48. The maximum atomic E-state index is 12.9. The number of nitrogens with zero attached hydrogens (tertiary/aromatic N) is 1. The van der Waals surface area contributed by atoms with Gasteiger partial charge < -0.3 is 5.32 Å². The van der Waals surface area contributed by atoms with Crippen molar-refractivity contribution in [2.45, 2.75) is 37.1 Å². The minimum absolute atomic E-state index is 0.357. The van der Waals surface area contributed by atoms with Crippen LogP contribution in [0.15, 0.2) is 29.2 Å². The molecular formula is C15H22N2O2S. The molecule has 1 spiro atoms. The molecule has 2 heterocycles. The largest absolute Gasteiger partial charge is 0.314 e. The second kappa shape index (κ2) is 4.83. The van der Waals surface area contributed by atoms with Crippen LogP contribution >= 0.6 is 0 Å². The van der Waals surface area contributed by atoms with Crippen molar-refractivity contribution >= 4 is 10.0 Å². The highest BCUT2D eigenvalue weighted by Crippen LogP contribution is 2.47. The van der Waals surface area contributed by atoms with Gasteiger partial charge in [-0.1, -0.05) is 32.0 Å². The number of hydrogen-bond acceptors (Lipinski definition) is 3. The first-order valence-corrected chi connectivity index (χ1v) is 8.75. The van der Waals surface area contributed by atoms with Gasteiger partial charge in [-0.25, -0.2) is 8.42 Å². The molecule has 0 aromatic heterocycles. The second-order valence-corrected chi connectivity index (χ2v) is 8.04. The van der Waals surface area contributed by atoms with Gasteiger partial charge in [-0.15, -0.1) is 0 Å². The molecule has 1 aromatic rings. The summed E-state index contributed by atoms with van der Waals surface area (Å²) in [6.07, 6.45) is 1.76. The van der Waals surface area contributed by atoms with E-state index in [-0.39, 0.29) is 5.54 Å². The molecule has 0 unspecified atom stereocenters. The smallest absolute Gasteiger partial charge is 0.244 e. The van der Waals surface area contributed by atoms with Crippen LogP contribution in [0.3, 0.4) is 0 Å². The Kier molecular flexibility index (Phi) is 3.39. The van der Waals surface area contributed by atoms with E-state index in [1.807, 2.05) is 18.2 Å². The molecule has 2 aliphatic heterocycles. The van der Waals surface area contributed by atoms with E-state index in [0.29, 0.717) is 17.4 Å². The fraction of sp³-hybridized carbons (Fsp3) is 0.600. The molecular weight excluding hydrogens is 272 g/mol. The van der Waals surface area contributed by atoms with Crippen LogP contribution in [0.4, 0.5) is 0 Å². The topological polar surface area (TPSA) is 49.4 Å². The maximum Gasteiger partial charge on any atom is 0.244 e. The van der Waals surface area contributed by atoms with Gasteiger partial charge in [-0.3, -0.25) is 0 Å². The molecule has 1 atom stereocenters. The summed E-state index contributed by atoms with van der Waals surface area (Å²) in [7, 11) is -3.34. The van der Waals surface area contributed by atoms with Gasteiger partial charge in [0.25, 0.3) is 0 Å². The van der Waals surface area contributed by atoms with E-state index in [4.69, 9.17) is 0 Å². The lowest BCUT2D eigenvalue weighted by Gasteiger charge is -2.33. The van der Waals surface area contributed by atoms with Crippen molar-refractivity contribution in [2.75, 3.05) is 19.6 Å². The van der Waals surface area contributed by atoms with Crippen molar-refractivity contribution in [2.24, 2.45) is 5.92 Å². The van der Waals surface area contributed by atoms with Crippen LogP contribution in [-0.2, 0) is 15.6 Å². The predicted octanol–water partition coefficient (Wildman–Crippen LogP) is 1.93. The first kappa shape index (κ1) is 14.0. The Morgan fingerprint density at radius 3 is 2.75 bits per heavy atom. The van der Waals surface area contributed by atoms with Crippen molar-refractivity contribution in [1.29, 1.82) is 0 Å². The summed E-state index contributed by atoms with van der Waals surface area (Å²) >= 11 is 0. The fourth-order valence-corrected chi connectivity index (χ4v) is 5.47. The third-order valence-electron chi connectivity index (χ3n) is 4.48. The van der Waals surface area contributed by atoms with Crippen molar-refractivity contribution < 1.29 is 8.42 Å². The van der Waals surface area contributed by atoms with Crippen LogP contribution in [0.25, 0.3) is 0 Å². The Hall–Kier alpha value is -0.910. The minimum Gasteiger partial charge on any atom is -0.314 e. The van der Waals surface area contributed by atoms with Crippen molar-refractivity contribution in [3.63, 3.8) is 0 Å². The van der Waals surface area contributed by atoms with Crippen LogP contribution in [0.5, 0.6) is 0 Å². The zero-order chi connectivity index (χ0) is 14.4. The maximum absolute atomic E-state index is 12.9. The van der Waals surface area contributed by atoms with Gasteiger partial charge in [-0.2, -0.15) is 4.31 Å². The molecule has 0 bridgehead atoms. The molecule has 4 nitrogen and oxygen atoms in total. The van der Waals surface area contributed by atoms with Gasteiger partial charge in [0, 0.05) is 13.1 Å². The third-order valence-corrected chi connectivity index (χ3v) is 6.50. The number of benzene rings is 1. The Bertz CT molecular complexity index is 604. The number of sulfonamides is 1. The van der Waals surface area contributed by atoms with Gasteiger partial charge >= 0.3 is 0 Å². The summed E-state index contributed by atoms with van der Waals surface area (Å²) in [6.45, 7) is 6.48. The molecule has 3 rings (SSSR count). The lowest BCUT2D eigenvalue weighted by atomic mass is 9.88. The average molecular weight is 294 g/mol. The quantitative estimate of drug-likeness (QED) is 0.926. The van der Waals surface area contributed by atoms with E-state index in [9.17, 15) is 8.42 Å². The summed E-state index contributed by atoms with van der Waals surface area (Å²) in [5.41, 5.74) is 0.624. The van der Waals surface area contributed by atoms with Crippen LogP contribution < -0.4 is 5.32 Å². The standard InChI is InChI=1S/C15H22N2O2S/c1-12(2)7-10-17-15(8-9-16-11-15)13-5-3-4-6-14(13)20(17,18)19/h3-6,12,16H,7-11H2,1-2H3/t15-/m0/s1. The average Bonchev–Trinajstić information content (AvgIpc) is 2.94. The fourth-order valence-electron chi connectivity index (χ4n) is 3.39. The lowest BCUT2D eigenvalue weighted by molar-refractivity contribution is 0.210. The van der Waals surface area contributed by atoms with Crippen LogP contribution in [0, 0.1) is 5.92 Å². The summed E-state index contributed by atoms with van der Waals surface area (Å²) in [4.78, 5) is 0.507. The van der Waals surface area contributed by atoms with E-state index >= 15 is 0 Å². The predicted molar refractivity (Wildman–Crippen MR) is 79.0 cm³/mol. The second-order valence-electron chi connectivity index (χ2n) is 6.21. The first-order valence-electron chi connectivity index (χ1n) is 7.31. The highest BCUT2D eigenvalue weighted by Gasteiger charge is 2.54. The third kappa shape index (κ3) is 1.91. The lowest BCUT2D eigenvalue weighted by Crippen LogP contribution is -2.46. The molecule has 0 saturated carbocycles. The van der Waals surface area contributed by atoms with E-state index in [2.05, 4.69) is 19.2 Å². The number of fused-ring (bicyclic) bond motifs is 2.